The molecule has 7 heteroatoms. The Balaban J connectivity index is 1.68. The minimum absolute atomic E-state index is 0.0317. The molecule has 2 aromatic rings. The van der Waals surface area contributed by atoms with E-state index in [1.54, 1.807) is 25.4 Å². The molecule has 2 fully saturated rings. The number of pyridine rings is 1. The van der Waals surface area contributed by atoms with E-state index in [0.717, 1.165) is 29.8 Å². The summed E-state index contributed by atoms with van der Waals surface area (Å²) in [5.41, 5.74) is 4.13. The summed E-state index contributed by atoms with van der Waals surface area (Å²) in [5, 5.41) is 24.2. The second kappa shape index (κ2) is 8.21. The molecule has 150 valence electrons. The van der Waals surface area contributed by atoms with Gasteiger partial charge in [0.25, 0.3) is 0 Å². The first-order chi connectivity index (χ1) is 14.0. The molecule has 2 atom stereocenters. The molecule has 1 aliphatic carbocycles. The summed E-state index contributed by atoms with van der Waals surface area (Å²) in [6, 6.07) is 8.51. The van der Waals surface area contributed by atoms with Crippen LogP contribution in [-0.4, -0.2) is 41.3 Å². The molecule has 1 saturated carbocycles. The maximum absolute atomic E-state index is 14.0. The van der Waals surface area contributed by atoms with Crippen LogP contribution in [0.25, 0.3) is 11.1 Å². The Hall–Kier alpha value is -2.93. The molecule has 4 rings (SSSR count). The Bertz CT molecular complexity index is 955. The fraction of sp³-hybridized carbons (Fsp3) is 0.364. The fourth-order valence-electron chi connectivity index (χ4n) is 3.98. The van der Waals surface area contributed by atoms with Gasteiger partial charge in [0.2, 0.25) is 0 Å². The number of hydrogen-bond donors (Lipinski definition) is 3. The van der Waals surface area contributed by atoms with Gasteiger partial charge in [0.15, 0.2) is 6.10 Å². The minimum atomic E-state index is -0.415. The normalized spacial score (nSPS) is 23.7. The summed E-state index contributed by atoms with van der Waals surface area (Å²) in [6.45, 7) is 3.23. The van der Waals surface area contributed by atoms with Gasteiger partial charge in [-0.05, 0) is 55.0 Å². The average molecular weight is 393 g/mol. The number of aromatic nitrogens is 1. The summed E-state index contributed by atoms with van der Waals surface area (Å²) in [5.74, 6) is -0.751. The molecular weight excluding hydrogens is 369 g/mol. The van der Waals surface area contributed by atoms with Crippen molar-refractivity contribution in [3.63, 3.8) is 0 Å². The van der Waals surface area contributed by atoms with Crippen LogP contribution >= 0.6 is 0 Å². The molecule has 0 radical (unpaired) electrons. The molecular formula is C22H24FN5O. The summed E-state index contributed by atoms with van der Waals surface area (Å²) < 4.78 is 14.0. The van der Waals surface area contributed by atoms with Gasteiger partial charge in [0.05, 0.1) is 11.6 Å². The van der Waals surface area contributed by atoms with Crippen molar-refractivity contribution in [1.82, 2.24) is 10.3 Å². The summed E-state index contributed by atoms with van der Waals surface area (Å²) >= 11 is 0. The Kier molecular flexibility index (Phi) is 5.49. The number of halogens is 1. The first-order valence-electron chi connectivity index (χ1n) is 9.78. The molecule has 1 aromatic carbocycles. The molecule has 2 heterocycles. The van der Waals surface area contributed by atoms with Crippen molar-refractivity contribution in [2.24, 2.45) is 11.1 Å². The number of oxime groups is 1. The zero-order valence-electron chi connectivity index (χ0n) is 16.3. The maximum Gasteiger partial charge on any atom is 0.152 e. The topological polar surface area (TPSA) is 94.2 Å². The molecule has 0 spiro atoms. The summed E-state index contributed by atoms with van der Waals surface area (Å²) in [4.78, 5) is 9.79. The third-order valence-corrected chi connectivity index (χ3v) is 5.53. The standard InChI is InChI=1S/C22H24FN5O/c1-13(24)22-20(25)7-15(8-21(22)28-29-17-11-27-12-17)18-5-4-16(23)9-19(18)14-3-2-6-26-10-14/h2-6,9-10,15,17,22,24-25,27H,7-8,11-12H2,1H3. The first kappa shape index (κ1) is 19.4. The zero-order chi connectivity index (χ0) is 20.4. The Morgan fingerprint density at radius 2 is 2.10 bits per heavy atom. The average Bonchev–Trinajstić information content (AvgIpc) is 2.66. The van der Waals surface area contributed by atoms with Crippen molar-refractivity contribution in [3.8, 4) is 11.1 Å². The van der Waals surface area contributed by atoms with Crippen LogP contribution in [0, 0.1) is 22.6 Å². The highest BCUT2D eigenvalue weighted by Gasteiger charge is 2.35. The van der Waals surface area contributed by atoms with Crippen LogP contribution in [-0.2, 0) is 4.84 Å². The fourth-order valence-corrected chi connectivity index (χ4v) is 3.98. The molecule has 0 bridgehead atoms. The lowest BCUT2D eigenvalue weighted by Gasteiger charge is -2.32. The molecule has 3 N–H and O–H groups in total. The Labute approximate surface area is 169 Å². The highest BCUT2D eigenvalue weighted by molar-refractivity contribution is 6.23. The summed E-state index contributed by atoms with van der Waals surface area (Å²) in [6.07, 6.45) is 4.53. The van der Waals surface area contributed by atoms with Crippen molar-refractivity contribution in [2.45, 2.75) is 31.8 Å². The number of benzene rings is 1. The number of rotatable bonds is 5. The largest absolute Gasteiger partial charge is 0.390 e. The number of nitrogens with one attached hydrogen (secondary N) is 3. The van der Waals surface area contributed by atoms with Gasteiger partial charge >= 0.3 is 0 Å². The third kappa shape index (κ3) is 4.10. The molecule has 29 heavy (non-hydrogen) atoms. The van der Waals surface area contributed by atoms with Crippen molar-refractivity contribution >= 4 is 17.1 Å². The van der Waals surface area contributed by atoms with E-state index < -0.39 is 5.92 Å². The minimum Gasteiger partial charge on any atom is -0.390 e. The van der Waals surface area contributed by atoms with Crippen LogP contribution in [0.2, 0.25) is 0 Å². The van der Waals surface area contributed by atoms with Crippen molar-refractivity contribution in [1.29, 1.82) is 10.8 Å². The molecule has 2 unspecified atom stereocenters. The molecule has 1 aliphatic heterocycles. The van der Waals surface area contributed by atoms with Crippen molar-refractivity contribution in [3.05, 3.63) is 54.1 Å². The van der Waals surface area contributed by atoms with Crippen molar-refractivity contribution in [2.75, 3.05) is 13.1 Å². The van der Waals surface area contributed by atoms with Crippen molar-refractivity contribution < 1.29 is 9.23 Å². The van der Waals surface area contributed by atoms with Gasteiger partial charge in [-0.25, -0.2) is 4.39 Å². The smallest absolute Gasteiger partial charge is 0.152 e. The van der Waals surface area contributed by atoms with Crippen LogP contribution in [0.5, 0.6) is 0 Å². The van der Waals surface area contributed by atoms with Gasteiger partial charge < -0.3 is 21.0 Å². The van der Waals surface area contributed by atoms with Crippen LogP contribution in [0.4, 0.5) is 4.39 Å². The lowest BCUT2D eigenvalue weighted by Crippen LogP contribution is -2.48. The predicted octanol–water partition coefficient (Wildman–Crippen LogP) is 3.79. The second-order valence-corrected chi connectivity index (χ2v) is 7.69. The highest BCUT2D eigenvalue weighted by atomic mass is 19.1. The quantitative estimate of drug-likeness (QED) is 0.533. The lowest BCUT2D eigenvalue weighted by molar-refractivity contribution is 0.0221. The van der Waals surface area contributed by atoms with Gasteiger partial charge in [-0.3, -0.25) is 4.98 Å². The molecule has 1 saturated heterocycles. The van der Waals surface area contributed by atoms with Gasteiger partial charge in [-0.2, -0.15) is 0 Å². The monoisotopic (exact) mass is 393 g/mol. The summed E-state index contributed by atoms with van der Waals surface area (Å²) in [7, 11) is 0. The molecule has 2 aliphatic rings. The first-order valence-corrected chi connectivity index (χ1v) is 9.78. The van der Waals surface area contributed by atoms with E-state index in [9.17, 15) is 4.39 Å². The van der Waals surface area contributed by atoms with E-state index >= 15 is 0 Å². The highest BCUT2D eigenvalue weighted by Crippen LogP contribution is 2.38. The van der Waals surface area contributed by atoms with Gasteiger partial charge in [-0.15, -0.1) is 0 Å². The third-order valence-electron chi connectivity index (χ3n) is 5.53. The SMILES string of the molecule is CC(=N)C1C(=N)CC(c2ccc(F)cc2-c2cccnc2)CC1=NOC1CNC1. The van der Waals surface area contributed by atoms with E-state index in [2.05, 4.69) is 15.5 Å². The van der Waals surface area contributed by atoms with Crippen LogP contribution < -0.4 is 5.32 Å². The number of hydrogen-bond acceptors (Lipinski definition) is 6. The Morgan fingerprint density at radius 3 is 2.76 bits per heavy atom. The van der Waals surface area contributed by atoms with E-state index in [0.29, 0.717) is 30.0 Å². The second-order valence-electron chi connectivity index (χ2n) is 7.69. The van der Waals surface area contributed by atoms with E-state index in [1.807, 2.05) is 12.1 Å². The molecule has 0 amide bonds. The predicted molar refractivity (Wildman–Crippen MR) is 111 cm³/mol. The van der Waals surface area contributed by atoms with Crippen LogP contribution in [0.3, 0.4) is 0 Å². The Morgan fingerprint density at radius 1 is 1.28 bits per heavy atom. The molecule has 1 aromatic heterocycles. The van der Waals surface area contributed by atoms with Gasteiger partial charge in [-0.1, -0.05) is 17.3 Å². The maximum atomic E-state index is 14.0. The zero-order valence-corrected chi connectivity index (χ0v) is 16.3. The number of nitrogens with zero attached hydrogens (tertiary/aromatic N) is 2. The van der Waals surface area contributed by atoms with Crippen LogP contribution in [0.1, 0.15) is 31.2 Å². The van der Waals surface area contributed by atoms with Gasteiger partial charge in [0.1, 0.15) is 5.82 Å². The van der Waals surface area contributed by atoms with Gasteiger partial charge in [0, 0.05) is 42.5 Å². The lowest BCUT2D eigenvalue weighted by atomic mass is 9.73. The van der Waals surface area contributed by atoms with E-state index in [4.69, 9.17) is 15.7 Å². The molecule has 6 nitrogen and oxygen atoms in total. The van der Waals surface area contributed by atoms with E-state index in [1.165, 1.54) is 12.1 Å². The van der Waals surface area contributed by atoms with E-state index in [-0.39, 0.29) is 17.8 Å². The van der Waals surface area contributed by atoms with Crippen LogP contribution in [0.15, 0.2) is 47.9 Å².